The topological polar surface area (TPSA) is 74.7 Å². The third-order valence-electron chi connectivity index (χ3n) is 1.82. The summed E-state index contributed by atoms with van der Waals surface area (Å²) in [5.74, 6) is 0.217. The first-order valence-electron chi connectivity index (χ1n) is 4.17. The van der Waals surface area contributed by atoms with Crippen molar-refractivity contribution in [2.75, 3.05) is 13.6 Å². The molecule has 1 rings (SSSR count). The van der Waals surface area contributed by atoms with Gasteiger partial charge in [-0.15, -0.1) is 11.3 Å². The van der Waals surface area contributed by atoms with Crippen molar-refractivity contribution < 1.29 is 5.21 Å². The van der Waals surface area contributed by atoms with Crippen LogP contribution in [0.25, 0.3) is 0 Å². The summed E-state index contributed by atoms with van der Waals surface area (Å²) in [6, 6.07) is 0. The van der Waals surface area contributed by atoms with Crippen LogP contribution in [0.4, 0.5) is 0 Å². The zero-order valence-electron chi connectivity index (χ0n) is 8.27. The van der Waals surface area contributed by atoms with Crippen LogP contribution in [-0.2, 0) is 6.54 Å². The van der Waals surface area contributed by atoms with Crippen LogP contribution in [-0.4, -0.2) is 34.5 Å². The SMILES string of the molecule is Cc1ncsc1CN(C)CC(N)=NO. The number of aromatic nitrogens is 1. The number of hydrogen-bond donors (Lipinski definition) is 2. The highest BCUT2D eigenvalue weighted by Gasteiger charge is 2.06. The van der Waals surface area contributed by atoms with Crippen LogP contribution >= 0.6 is 11.3 Å². The van der Waals surface area contributed by atoms with Gasteiger partial charge in [0.05, 0.1) is 17.7 Å². The summed E-state index contributed by atoms with van der Waals surface area (Å²) in [5.41, 5.74) is 8.25. The van der Waals surface area contributed by atoms with Gasteiger partial charge >= 0.3 is 0 Å². The van der Waals surface area contributed by atoms with Crippen LogP contribution in [0.3, 0.4) is 0 Å². The van der Waals surface area contributed by atoms with Gasteiger partial charge in [0.25, 0.3) is 0 Å². The fraction of sp³-hybridized carbons (Fsp3) is 0.500. The lowest BCUT2D eigenvalue weighted by Gasteiger charge is -2.14. The number of amidine groups is 1. The number of nitrogens with zero attached hydrogens (tertiary/aromatic N) is 3. The van der Waals surface area contributed by atoms with Crippen LogP contribution in [0.1, 0.15) is 10.6 Å². The summed E-state index contributed by atoms with van der Waals surface area (Å²) in [4.78, 5) is 7.32. The van der Waals surface area contributed by atoms with E-state index in [9.17, 15) is 0 Å². The van der Waals surface area contributed by atoms with Gasteiger partial charge in [-0.3, -0.25) is 4.90 Å². The van der Waals surface area contributed by atoms with Crippen LogP contribution < -0.4 is 5.73 Å². The Morgan fingerprint density at radius 1 is 1.79 bits per heavy atom. The molecule has 0 saturated carbocycles. The fourth-order valence-corrected chi connectivity index (χ4v) is 1.94. The first kappa shape index (κ1) is 10.9. The number of oxime groups is 1. The Bertz CT molecular complexity index is 323. The van der Waals surface area contributed by atoms with Crippen LogP contribution in [0.15, 0.2) is 10.7 Å². The van der Waals surface area contributed by atoms with E-state index in [1.807, 2.05) is 24.4 Å². The lowest BCUT2D eigenvalue weighted by Crippen LogP contribution is -2.30. The van der Waals surface area contributed by atoms with E-state index in [-0.39, 0.29) is 5.84 Å². The third kappa shape index (κ3) is 2.97. The lowest BCUT2D eigenvalue weighted by atomic mass is 10.3. The molecule has 1 aromatic heterocycles. The maximum absolute atomic E-state index is 8.39. The highest BCUT2D eigenvalue weighted by Crippen LogP contribution is 2.13. The zero-order valence-corrected chi connectivity index (χ0v) is 9.08. The molecular weight excluding hydrogens is 200 g/mol. The van der Waals surface area contributed by atoms with Crippen molar-refractivity contribution in [2.45, 2.75) is 13.5 Å². The average molecular weight is 214 g/mol. The van der Waals surface area contributed by atoms with Gasteiger partial charge in [-0.2, -0.15) is 0 Å². The van der Waals surface area contributed by atoms with Gasteiger partial charge in [0.1, 0.15) is 0 Å². The Kier molecular flexibility index (Phi) is 3.84. The van der Waals surface area contributed by atoms with Crippen molar-refractivity contribution >= 4 is 17.2 Å². The van der Waals surface area contributed by atoms with Crippen molar-refractivity contribution in [3.8, 4) is 0 Å². The van der Waals surface area contributed by atoms with Gasteiger partial charge in [0.2, 0.25) is 0 Å². The standard InChI is InChI=1S/C8H14N4OS/c1-6-7(14-5-10-6)3-12(2)4-8(9)11-13/h5,13H,3-4H2,1-2H3,(H2,9,11). The number of aryl methyl sites for hydroxylation is 1. The van der Waals surface area contributed by atoms with E-state index in [0.29, 0.717) is 6.54 Å². The summed E-state index contributed by atoms with van der Waals surface area (Å²) in [6.45, 7) is 3.20. The fourth-order valence-electron chi connectivity index (χ4n) is 1.09. The highest BCUT2D eigenvalue weighted by atomic mass is 32.1. The molecule has 0 aliphatic rings. The smallest absolute Gasteiger partial charge is 0.153 e. The Morgan fingerprint density at radius 2 is 2.50 bits per heavy atom. The van der Waals surface area contributed by atoms with Crippen LogP contribution in [0.2, 0.25) is 0 Å². The summed E-state index contributed by atoms with van der Waals surface area (Å²) in [6.07, 6.45) is 0. The molecule has 78 valence electrons. The molecule has 0 bridgehead atoms. The molecule has 0 fully saturated rings. The second-order valence-corrected chi connectivity index (χ2v) is 4.06. The molecule has 0 aliphatic heterocycles. The molecule has 0 atom stereocenters. The van der Waals surface area contributed by atoms with Gasteiger partial charge in [-0.1, -0.05) is 5.16 Å². The predicted molar refractivity (Wildman–Crippen MR) is 56.6 cm³/mol. The molecule has 0 saturated heterocycles. The molecule has 0 amide bonds. The van der Waals surface area contributed by atoms with E-state index in [1.54, 1.807) is 11.3 Å². The minimum atomic E-state index is 0.217. The highest BCUT2D eigenvalue weighted by molar-refractivity contribution is 7.09. The van der Waals surface area contributed by atoms with E-state index in [1.165, 1.54) is 4.88 Å². The van der Waals surface area contributed by atoms with Crippen molar-refractivity contribution in [1.29, 1.82) is 0 Å². The summed E-state index contributed by atoms with van der Waals surface area (Å²) < 4.78 is 0. The van der Waals surface area contributed by atoms with Gasteiger partial charge in [-0.25, -0.2) is 4.98 Å². The van der Waals surface area contributed by atoms with Crippen LogP contribution in [0.5, 0.6) is 0 Å². The summed E-state index contributed by atoms with van der Waals surface area (Å²) in [5, 5.41) is 11.3. The van der Waals surface area contributed by atoms with E-state index in [2.05, 4.69) is 10.1 Å². The van der Waals surface area contributed by atoms with Gasteiger partial charge in [-0.05, 0) is 14.0 Å². The van der Waals surface area contributed by atoms with Gasteiger partial charge in [0.15, 0.2) is 5.84 Å². The minimum absolute atomic E-state index is 0.217. The largest absolute Gasteiger partial charge is 0.409 e. The zero-order chi connectivity index (χ0) is 10.6. The Labute approximate surface area is 86.9 Å². The third-order valence-corrected chi connectivity index (χ3v) is 2.74. The lowest BCUT2D eigenvalue weighted by molar-refractivity contribution is 0.308. The molecule has 0 radical (unpaired) electrons. The molecule has 0 aliphatic carbocycles. The molecular formula is C8H14N4OS. The van der Waals surface area contributed by atoms with E-state index >= 15 is 0 Å². The van der Waals surface area contributed by atoms with E-state index < -0.39 is 0 Å². The molecule has 6 heteroatoms. The number of hydrogen-bond acceptors (Lipinski definition) is 5. The number of nitrogens with two attached hydrogens (primary N) is 1. The van der Waals surface area contributed by atoms with Crippen molar-refractivity contribution in [2.24, 2.45) is 10.9 Å². The quantitative estimate of drug-likeness (QED) is 0.333. The first-order chi connectivity index (χ1) is 6.63. The van der Waals surface area contributed by atoms with Crippen molar-refractivity contribution in [3.63, 3.8) is 0 Å². The van der Waals surface area contributed by atoms with Gasteiger partial charge < -0.3 is 10.9 Å². The normalized spacial score (nSPS) is 12.4. The monoisotopic (exact) mass is 214 g/mol. The molecule has 3 N–H and O–H groups in total. The molecule has 1 aromatic rings. The predicted octanol–water partition coefficient (Wildman–Crippen LogP) is 0.630. The van der Waals surface area contributed by atoms with Crippen molar-refractivity contribution in [1.82, 2.24) is 9.88 Å². The van der Waals surface area contributed by atoms with Crippen molar-refractivity contribution in [3.05, 3.63) is 16.1 Å². The van der Waals surface area contributed by atoms with Gasteiger partial charge in [0, 0.05) is 11.4 Å². The van der Waals surface area contributed by atoms with E-state index in [4.69, 9.17) is 10.9 Å². The molecule has 1 heterocycles. The summed E-state index contributed by atoms with van der Waals surface area (Å²) in [7, 11) is 1.91. The molecule has 5 nitrogen and oxygen atoms in total. The average Bonchev–Trinajstić information content (AvgIpc) is 2.51. The maximum atomic E-state index is 8.39. The Hall–Kier alpha value is -1.14. The molecule has 0 spiro atoms. The number of rotatable bonds is 4. The molecule has 0 unspecified atom stereocenters. The Balaban J connectivity index is 2.49. The maximum Gasteiger partial charge on any atom is 0.153 e. The second kappa shape index (κ2) is 4.92. The minimum Gasteiger partial charge on any atom is -0.409 e. The first-order valence-corrected chi connectivity index (χ1v) is 5.05. The second-order valence-electron chi connectivity index (χ2n) is 3.12. The van der Waals surface area contributed by atoms with Crippen LogP contribution in [0, 0.1) is 6.92 Å². The molecule has 0 aromatic carbocycles. The Morgan fingerprint density at radius 3 is 3.00 bits per heavy atom. The molecule has 14 heavy (non-hydrogen) atoms. The number of thiazole rings is 1. The summed E-state index contributed by atoms with van der Waals surface area (Å²) >= 11 is 1.62. The van der Waals surface area contributed by atoms with E-state index in [0.717, 1.165) is 12.2 Å². The number of likely N-dealkylation sites (N-methyl/N-ethyl adjacent to an activating group) is 1.